The van der Waals surface area contributed by atoms with Crippen LogP contribution in [0.25, 0.3) is 0 Å². The van der Waals surface area contributed by atoms with Crippen LogP contribution in [0.1, 0.15) is 57.6 Å². The van der Waals surface area contributed by atoms with Crippen molar-refractivity contribution < 1.29 is 34.2 Å². The standard InChI is InChI=1S/C26H35N5O7S/c1-24(2,3)18(20(34)35)26(21(36)37,25(4,5)6)31-17(32)13-27-19(33)16-14-39-23(29-16)30-22(38)28-12-15-10-8-7-9-11-15/h7-11,14,18H,12-13H2,1-6H3,(H,27,33)(H,31,32)(H,34,35)(H,36,37)(H2,28,29,30,38)/t18?,26-/m1/s1. The van der Waals surface area contributed by atoms with Crippen molar-refractivity contribution in [2.75, 3.05) is 11.9 Å². The predicted octanol–water partition coefficient (Wildman–Crippen LogP) is 2.93. The molecular formula is C26H35N5O7S. The lowest BCUT2D eigenvalue weighted by molar-refractivity contribution is -0.172. The molecular weight excluding hydrogens is 526 g/mol. The molecule has 0 aliphatic rings. The molecule has 4 amide bonds. The van der Waals surface area contributed by atoms with E-state index in [0.29, 0.717) is 6.54 Å². The number of nitrogens with one attached hydrogen (secondary N) is 4. The van der Waals surface area contributed by atoms with Crippen molar-refractivity contribution in [1.29, 1.82) is 0 Å². The smallest absolute Gasteiger partial charge is 0.330 e. The Hall–Kier alpha value is -4.00. The number of carbonyl (C=O) groups excluding carboxylic acids is 3. The molecule has 6 N–H and O–H groups in total. The average Bonchev–Trinajstić information content (AvgIpc) is 3.27. The summed E-state index contributed by atoms with van der Waals surface area (Å²) in [4.78, 5) is 66.4. The third-order valence-corrected chi connectivity index (χ3v) is 6.82. The highest BCUT2D eigenvalue weighted by Gasteiger charge is 2.61. The van der Waals surface area contributed by atoms with E-state index in [1.807, 2.05) is 30.3 Å². The first-order valence-corrected chi connectivity index (χ1v) is 13.0. The van der Waals surface area contributed by atoms with Crippen LogP contribution < -0.4 is 21.3 Å². The van der Waals surface area contributed by atoms with E-state index >= 15 is 0 Å². The second-order valence-corrected chi connectivity index (χ2v) is 11.9. The molecule has 1 aromatic carbocycles. The fraction of sp³-hybridized carbons (Fsp3) is 0.462. The summed E-state index contributed by atoms with van der Waals surface area (Å²) in [6.07, 6.45) is 0. The fourth-order valence-corrected chi connectivity index (χ4v) is 4.95. The van der Waals surface area contributed by atoms with Gasteiger partial charge in [0.1, 0.15) is 5.69 Å². The number of amides is 4. The summed E-state index contributed by atoms with van der Waals surface area (Å²) in [5, 5.41) is 31.7. The number of carboxylic acids is 2. The van der Waals surface area contributed by atoms with Crippen LogP contribution >= 0.6 is 11.3 Å². The Labute approximate surface area is 230 Å². The molecule has 12 nitrogen and oxygen atoms in total. The monoisotopic (exact) mass is 561 g/mol. The van der Waals surface area contributed by atoms with E-state index in [9.17, 15) is 34.2 Å². The summed E-state index contributed by atoms with van der Waals surface area (Å²) >= 11 is 1.00. The molecule has 212 valence electrons. The molecule has 0 saturated carbocycles. The maximum absolute atomic E-state index is 12.9. The lowest BCUT2D eigenvalue weighted by atomic mass is 9.58. The minimum atomic E-state index is -2.19. The number of rotatable bonds is 10. The molecule has 0 aliphatic heterocycles. The second kappa shape index (κ2) is 12.2. The van der Waals surface area contributed by atoms with Gasteiger partial charge in [0, 0.05) is 11.9 Å². The zero-order chi connectivity index (χ0) is 29.6. The van der Waals surface area contributed by atoms with Crippen molar-refractivity contribution in [3.8, 4) is 0 Å². The van der Waals surface area contributed by atoms with Crippen LogP contribution in [0.15, 0.2) is 35.7 Å². The van der Waals surface area contributed by atoms with Gasteiger partial charge in [-0.3, -0.25) is 19.7 Å². The Bertz CT molecular complexity index is 1220. The van der Waals surface area contributed by atoms with Crippen LogP contribution in [0.4, 0.5) is 9.93 Å². The SMILES string of the molecule is CC(C)(C)C(C(=O)O)[C@@](NC(=O)CNC(=O)c1csc(NC(=O)NCc2ccccc2)n1)(C(=O)O)C(C)(C)C. The van der Waals surface area contributed by atoms with E-state index in [4.69, 9.17) is 0 Å². The van der Waals surface area contributed by atoms with Gasteiger partial charge in [-0.2, -0.15) is 0 Å². The van der Waals surface area contributed by atoms with Crippen LogP contribution in [-0.2, 0) is 20.9 Å². The Balaban J connectivity index is 2.06. The summed E-state index contributed by atoms with van der Waals surface area (Å²) in [6, 6.07) is 8.76. The molecule has 1 heterocycles. The summed E-state index contributed by atoms with van der Waals surface area (Å²) in [5.41, 5.74) is -3.61. The number of thiazole rings is 1. The van der Waals surface area contributed by atoms with Gasteiger partial charge in [0.15, 0.2) is 10.7 Å². The van der Waals surface area contributed by atoms with E-state index in [1.165, 1.54) is 26.2 Å². The molecule has 0 aliphatic carbocycles. The van der Waals surface area contributed by atoms with Crippen LogP contribution in [0, 0.1) is 16.7 Å². The third-order valence-electron chi connectivity index (χ3n) is 6.07. The summed E-state index contributed by atoms with van der Waals surface area (Å²) in [7, 11) is 0. The maximum Gasteiger partial charge on any atom is 0.330 e. The largest absolute Gasteiger partial charge is 0.481 e. The Morgan fingerprint density at radius 3 is 2.08 bits per heavy atom. The fourth-order valence-electron chi connectivity index (χ4n) is 4.27. The molecule has 1 aromatic heterocycles. The molecule has 0 saturated heterocycles. The molecule has 2 aromatic rings. The molecule has 1 unspecified atom stereocenters. The van der Waals surface area contributed by atoms with E-state index in [-0.39, 0.29) is 10.8 Å². The molecule has 0 radical (unpaired) electrons. The van der Waals surface area contributed by atoms with Crippen molar-refractivity contribution in [3.63, 3.8) is 0 Å². The Morgan fingerprint density at radius 1 is 0.949 bits per heavy atom. The number of aromatic nitrogens is 1. The zero-order valence-electron chi connectivity index (χ0n) is 22.7. The van der Waals surface area contributed by atoms with Crippen molar-refractivity contribution in [1.82, 2.24) is 20.9 Å². The lowest BCUT2D eigenvalue weighted by Gasteiger charge is -2.49. The van der Waals surface area contributed by atoms with E-state index < -0.39 is 58.6 Å². The lowest BCUT2D eigenvalue weighted by Crippen LogP contribution is -2.71. The van der Waals surface area contributed by atoms with Crippen molar-refractivity contribution in [3.05, 3.63) is 47.0 Å². The number of carbonyl (C=O) groups is 5. The Morgan fingerprint density at radius 2 is 1.56 bits per heavy atom. The van der Waals surface area contributed by atoms with Gasteiger partial charge in [0.25, 0.3) is 5.91 Å². The quantitative estimate of drug-likeness (QED) is 0.255. The first-order chi connectivity index (χ1) is 18.0. The molecule has 13 heteroatoms. The predicted molar refractivity (Wildman–Crippen MR) is 145 cm³/mol. The summed E-state index contributed by atoms with van der Waals surface area (Å²) < 4.78 is 0. The van der Waals surface area contributed by atoms with Crippen molar-refractivity contribution >= 4 is 46.3 Å². The van der Waals surface area contributed by atoms with Gasteiger partial charge in [-0.1, -0.05) is 71.9 Å². The molecule has 0 spiro atoms. The highest BCUT2D eigenvalue weighted by atomic mass is 32.1. The van der Waals surface area contributed by atoms with Crippen molar-refractivity contribution in [2.45, 2.75) is 53.6 Å². The number of urea groups is 1. The minimum Gasteiger partial charge on any atom is -0.481 e. The van der Waals surface area contributed by atoms with E-state index in [1.54, 1.807) is 20.8 Å². The van der Waals surface area contributed by atoms with Crippen LogP contribution in [-0.4, -0.2) is 57.1 Å². The summed E-state index contributed by atoms with van der Waals surface area (Å²) in [6.45, 7) is 9.00. The third kappa shape index (κ3) is 7.76. The number of carboxylic acid groups (broad SMARTS) is 2. The van der Waals surface area contributed by atoms with Crippen LogP contribution in [0.3, 0.4) is 0 Å². The molecule has 0 bridgehead atoms. The van der Waals surface area contributed by atoms with Gasteiger partial charge >= 0.3 is 18.0 Å². The first-order valence-electron chi connectivity index (χ1n) is 12.1. The number of nitrogens with zero attached hydrogens (tertiary/aromatic N) is 1. The molecule has 2 atom stereocenters. The Kier molecular flexibility index (Phi) is 9.80. The molecule has 2 rings (SSSR count). The zero-order valence-corrected chi connectivity index (χ0v) is 23.6. The van der Waals surface area contributed by atoms with Gasteiger partial charge in [-0.25, -0.2) is 14.6 Å². The van der Waals surface area contributed by atoms with Gasteiger partial charge in [-0.05, 0) is 16.4 Å². The van der Waals surface area contributed by atoms with Gasteiger partial charge in [-0.15, -0.1) is 11.3 Å². The number of anilines is 1. The number of aliphatic carboxylic acids is 2. The van der Waals surface area contributed by atoms with E-state index in [2.05, 4.69) is 26.3 Å². The van der Waals surface area contributed by atoms with Crippen LogP contribution in [0.2, 0.25) is 0 Å². The second-order valence-electron chi connectivity index (χ2n) is 11.1. The average molecular weight is 562 g/mol. The van der Waals surface area contributed by atoms with E-state index in [0.717, 1.165) is 16.9 Å². The van der Waals surface area contributed by atoms with Crippen LogP contribution in [0.5, 0.6) is 0 Å². The molecule has 0 fully saturated rings. The van der Waals surface area contributed by atoms with Gasteiger partial charge in [0.2, 0.25) is 5.91 Å². The minimum absolute atomic E-state index is 0.0652. The number of hydrogen-bond acceptors (Lipinski definition) is 7. The first kappa shape index (κ1) is 31.2. The topological polar surface area (TPSA) is 187 Å². The van der Waals surface area contributed by atoms with Gasteiger partial charge < -0.3 is 26.2 Å². The van der Waals surface area contributed by atoms with Gasteiger partial charge in [0.05, 0.1) is 12.5 Å². The van der Waals surface area contributed by atoms with Crippen molar-refractivity contribution in [2.24, 2.45) is 16.7 Å². The summed E-state index contributed by atoms with van der Waals surface area (Å²) in [5.74, 6) is -5.99. The highest BCUT2D eigenvalue weighted by molar-refractivity contribution is 7.14. The number of benzene rings is 1. The normalized spacial score (nSPS) is 13.9. The molecule has 39 heavy (non-hydrogen) atoms. The highest BCUT2D eigenvalue weighted by Crippen LogP contribution is 2.45. The number of hydrogen-bond donors (Lipinski definition) is 6. The maximum atomic E-state index is 12.9.